The van der Waals surface area contributed by atoms with E-state index in [4.69, 9.17) is 0 Å². The van der Waals surface area contributed by atoms with E-state index in [-0.39, 0.29) is 6.04 Å². The van der Waals surface area contributed by atoms with Gasteiger partial charge in [0.2, 0.25) is 0 Å². The number of anilines is 1. The molecule has 0 saturated carbocycles. The van der Waals surface area contributed by atoms with E-state index in [0.717, 1.165) is 16.0 Å². The summed E-state index contributed by atoms with van der Waals surface area (Å²) in [7, 11) is 0. The van der Waals surface area contributed by atoms with Crippen LogP contribution < -0.4 is 5.32 Å². The van der Waals surface area contributed by atoms with Crippen LogP contribution in [0.25, 0.3) is 0 Å². The van der Waals surface area contributed by atoms with Crippen LogP contribution in [0.3, 0.4) is 0 Å². The van der Waals surface area contributed by atoms with Gasteiger partial charge in [0, 0.05) is 11.6 Å². The molecule has 0 amide bonds. The Labute approximate surface area is 109 Å². The van der Waals surface area contributed by atoms with Crippen LogP contribution in [0.1, 0.15) is 24.1 Å². The van der Waals surface area contributed by atoms with E-state index >= 15 is 0 Å². The highest BCUT2D eigenvalue weighted by molar-refractivity contribution is 9.10. The summed E-state index contributed by atoms with van der Waals surface area (Å²) in [5, 5.41) is 3.39. The molecule has 1 aromatic heterocycles. The lowest BCUT2D eigenvalue weighted by Crippen LogP contribution is -2.09. The Hall–Kier alpha value is -1.42. The van der Waals surface area contributed by atoms with E-state index in [0.29, 0.717) is 0 Å². The molecule has 1 aromatic carbocycles. The summed E-state index contributed by atoms with van der Waals surface area (Å²) in [6, 6.07) is 10.5. The van der Waals surface area contributed by atoms with Crippen molar-refractivity contribution in [2.45, 2.75) is 19.9 Å². The third-order valence-corrected chi connectivity index (χ3v) is 3.47. The molecule has 1 heterocycles. The smallest absolute Gasteiger partial charge is 0.133 e. The Bertz CT molecular complexity index is 499. The zero-order chi connectivity index (χ0) is 12.3. The third-order valence-electron chi connectivity index (χ3n) is 2.68. The van der Waals surface area contributed by atoms with Crippen LogP contribution in [0.4, 0.5) is 5.82 Å². The van der Waals surface area contributed by atoms with Gasteiger partial charge in [0.25, 0.3) is 0 Å². The monoisotopic (exact) mass is 291 g/mol. The Balaban J connectivity index is 2.19. The number of rotatable bonds is 3. The first-order valence-electron chi connectivity index (χ1n) is 5.47. The maximum absolute atomic E-state index is 4.25. The number of benzene rings is 1. The highest BCUT2D eigenvalue weighted by Gasteiger charge is 2.09. The number of nitrogens with one attached hydrogen (secondary N) is 1. The molecule has 2 rings (SSSR count). The highest BCUT2D eigenvalue weighted by atomic mass is 79.9. The summed E-state index contributed by atoms with van der Waals surface area (Å²) < 4.78 is 0.829. The molecule has 1 unspecified atom stereocenters. The van der Waals surface area contributed by atoms with Crippen molar-refractivity contribution in [3.05, 3.63) is 52.4 Å². The first kappa shape index (κ1) is 12.0. The lowest BCUT2D eigenvalue weighted by molar-refractivity contribution is 0.866. The summed E-state index contributed by atoms with van der Waals surface area (Å²) in [6.45, 7) is 4.11. The van der Waals surface area contributed by atoms with Crippen molar-refractivity contribution in [2.75, 3.05) is 5.32 Å². The van der Waals surface area contributed by atoms with Crippen molar-refractivity contribution in [3.63, 3.8) is 0 Å². The van der Waals surface area contributed by atoms with E-state index in [1.54, 1.807) is 6.33 Å². The summed E-state index contributed by atoms with van der Waals surface area (Å²) in [4.78, 5) is 8.34. The molecule has 17 heavy (non-hydrogen) atoms. The molecule has 1 N–H and O–H groups in total. The fourth-order valence-corrected chi connectivity index (χ4v) is 1.88. The van der Waals surface area contributed by atoms with Crippen LogP contribution in [0.2, 0.25) is 0 Å². The molecule has 0 aliphatic carbocycles. The minimum Gasteiger partial charge on any atom is -0.363 e. The average molecular weight is 292 g/mol. The van der Waals surface area contributed by atoms with Gasteiger partial charge >= 0.3 is 0 Å². The molecular formula is C13H14BrN3. The number of hydrogen-bond acceptors (Lipinski definition) is 3. The maximum atomic E-state index is 4.25. The number of nitrogens with zero attached hydrogens (tertiary/aromatic N) is 2. The molecule has 3 nitrogen and oxygen atoms in total. The van der Waals surface area contributed by atoms with Gasteiger partial charge in [-0.15, -0.1) is 0 Å². The summed E-state index contributed by atoms with van der Waals surface area (Å²) in [5.74, 6) is 0.864. The predicted molar refractivity (Wildman–Crippen MR) is 72.9 cm³/mol. The van der Waals surface area contributed by atoms with Crippen LogP contribution in [0, 0.1) is 6.92 Å². The zero-order valence-electron chi connectivity index (χ0n) is 9.81. The molecule has 1 atom stereocenters. The van der Waals surface area contributed by atoms with Gasteiger partial charge in [-0.3, -0.25) is 0 Å². The van der Waals surface area contributed by atoms with E-state index in [2.05, 4.69) is 50.3 Å². The molecule has 0 saturated heterocycles. The first-order valence-corrected chi connectivity index (χ1v) is 6.26. The van der Waals surface area contributed by atoms with Gasteiger partial charge in [-0.1, -0.05) is 30.3 Å². The second-order valence-electron chi connectivity index (χ2n) is 3.91. The van der Waals surface area contributed by atoms with Crippen molar-refractivity contribution in [3.8, 4) is 0 Å². The fraction of sp³-hybridized carbons (Fsp3) is 0.231. The zero-order valence-corrected chi connectivity index (χ0v) is 11.4. The van der Waals surface area contributed by atoms with Crippen LogP contribution >= 0.6 is 15.9 Å². The second-order valence-corrected chi connectivity index (χ2v) is 4.67. The topological polar surface area (TPSA) is 37.8 Å². The van der Waals surface area contributed by atoms with Gasteiger partial charge < -0.3 is 5.32 Å². The SMILES string of the molecule is Cc1c(Br)ncnc1NC(C)c1ccccc1. The van der Waals surface area contributed by atoms with Gasteiger partial charge in [0.05, 0.1) is 0 Å². The first-order chi connectivity index (χ1) is 8.18. The maximum Gasteiger partial charge on any atom is 0.133 e. The minimum atomic E-state index is 0.219. The lowest BCUT2D eigenvalue weighted by Gasteiger charge is -2.16. The molecule has 0 aliphatic heterocycles. The van der Waals surface area contributed by atoms with Crippen molar-refractivity contribution in [1.82, 2.24) is 9.97 Å². The molecule has 0 aliphatic rings. The van der Waals surface area contributed by atoms with Crippen LogP contribution in [-0.4, -0.2) is 9.97 Å². The van der Waals surface area contributed by atoms with Gasteiger partial charge in [-0.2, -0.15) is 0 Å². The predicted octanol–water partition coefficient (Wildman–Crippen LogP) is 3.72. The standard InChI is InChI=1S/C13H14BrN3/c1-9-12(14)15-8-16-13(9)17-10(2)11-6-4-3-5-7-11/h3-8,10H,1-2H3,(H,15,16,17). The molecule has 0 radical (unpaired) electrons. The van der Waals surface area contributed by atoms with E-state index in [1.165, 1.54) is 5.56 Å². The lowest BCUT2D eigenvalue weighted by atomic mass is 10.1. The van der Waals surface area contributed by atoms with Crippen molar-refractivity contribution < 1.29 is 0 Å². The van der Waals surface area contributed by atoms with Gasteiger partial charge in [0.15, 0.2) is 0 Å². The average Bonchev–Trinajstić information content (AvgIpc) is 2.36. The third kappa shape index (κ3) is 2.82. The van der Waals surface area contributed by atoms with Gasteiger partial charge in [0.1, 0.15) is 16.7 Å². The van der Waals surface area contributed by atoms with Gasteiger partial charge in [-0.05, 0) is 35.3 Å². The fourth-order valence-electron chi connectivity index (χ4n) is 1.60. The minimum absolute atomic E-state index is 0.219. The largest absolute Gasteiger partial charge is 0.363 e. The molecule has 2 aromatic rings. The molecule has 0 spiro atoms. The number of aromatic nitrogens is 2. The van der Waals surface area contributed by atoms with Gasteiger partial charge in [-0.25, -0.2) is 9.97 Å². The Morgan fingerprint density at radius 3 is 2.59 bits per heavy atom. The van der Waals surface area contributed by atoms with Crippen molar-refractivity contribution >= 4 is 21.7 Å². The van der Waals surface area contributed by atoms with E-state index in [1.807, 2.05) is 25.1 Å². The Kier molecular flexibility index (Phi) is 3.74. The molecule has 88 valence electrons. The number of hydrogen-bond donors (Lipinski definition) is 1. The van der Waals surface area contributed by atoms with Crippen molar-refractivity contribution in [1.29, 1.82) is 0 Å². The van der Waals surface area contributed by atoms with Crippen LogP contribution in [0.5, 0.6) is 0 Å². The van der Waals surface area contributed by atoms with E-state index in [9.17, 15) is 0 Å². The van der Waals surface area contributed by atoms with Crippen LogP contribution in [0.15, 0.2) is 41.3 Å². The molecular weight excluding hydrogens is 278 g/mol. The van der Waals surface area contributed by atoms with Crippen LogP contribution in [-0.2, 0) is 0 Å². The second kappa shape index (κ2) is 5.27. The Morgan fingerprint density at radius 1 is 1.18 bits per heavy atom. The summed E-state index contributed by atoms with van der Waals surface area (Å²) >= 11 is 3.40. The molecule has 0 fully saturated rings. The summed E-state index contributed by atoms with van der Waals surface area (Å²) in [6.07, 6.45) is 1.55. The quantitative estimate of drug-likeness (QED) is 0.876. The molecule has 4 heteroatoms. The highest BCUT2D eigenvalue weighted by Crippen LogP contribution is 2.23. The Morgan fingerprint density at radius 2 is 1.88 bits per heavy atom. The van der Waals surface area contributed by atoms with Crippen molar-refractivity contribution in [2.24, 2.45) is 0 Å². The number of halogens is 1. The summed E-state index contributed by atoms with van der Waals surface area (Å²) in [5.41, 5.74) is 2.26. The molecule has 0 bridgehead atoms. The van der Waals surface area contributed by atoms with E-state index < -0.39 is 0 Å². The normalized spacial score (nSPS) is 12.2.